The van der Waals surface area contributed by atoms with Gasteiger partial charge in [0.15, 0.2) is 0 Å². The molecule has 0 radical (unpaired) electrons. The van der Waals surface area contributed by atoms with E-state index in [-0.39, 0.29) is 24.3 Å². The highest BCUT2D eigenvalue weighted by molar-refractivity contribution is 5.88. The summed E-state index contributed by atoms with van der Waals surface area (Å²) in [4.78, 5) is 27.8. The third kappa shape index (κ3) is 5.85. The van der Waals surface area contributed by atoms with Crippen LogP contribution in [0, 0.1) is 6.92 Å². The number of hydrogen-bond donors (Lipinski definition) is 1. The lowest BCUT2D eigenvalue weighted by molar-refractivity contribution is -0.140. The maximum absolute atomic E-state index is 13.2. The van der Waals surface area contributed by atoms with Crippen molar-refractivity contribution in [3.63, 3.8) is 0 Å². The number of carbonyl (C=O) groups is 2. The van der Waals surface area contributed by atoms with E-state index in [2.05, 4.69) is 5.32 Å². The van der Waals surface area contributed by atoms with Gasteiger partial charge >= 0.3 is 0 Å². The highest BCUT2D eigenvalue weighted by atomic mass is 16.5. The highest BCUT2D eigenvalue weighted by Crippen LogP contribution is 2.19. The fraction of sp³-hybridized carbons (Fsp3) is 0.440. The fourth-order valence-corrected chi connectivity index (χ4v) is 3.88. The average Bonchev–Trinajstić information content (AvgIpc) is 3.26. The van der Waals surface area contributed by atoms with Crippen molar-refractivity contribution < 1.29 is 14.3 Å². The van der Waals surface area contributed by atoms with Gasteiger partial charge in [-0.15, -0.1) is 0 Å². The summed E-state index contributed by atoms with van der Waals surface area (Å²) < 4.78 is 5.19. The number of hydrogen-bond acceptors (Lipinski definition) is 3. The molecule has 0 heterocycles. The van der Waals surface area contributed by atoms with Gasteiger partial charge in [0, 0.05) is 12.6 Å². The lowest BCUT2D eigenvalue weighted by Gasteiger charge is -2.30. The monoisotopic (exact) mass is 408 g/mol. The van der Waals surface area contributed by atoms with Gasteiger partial charge in [-0.1, -0.05) is 54.8 Å². The molecule has 30 heavy (non-hydrogen) atoms. The van der Waals surface area contributed by atoms with Crippen LogP contribution in [0.15, 0.2) is 48.5 Å². The first kappa shape index (κ1) is 21.9. The summed E-state index contributed by atoms with van der Waals surface area (Å²) in [6.07, 6.45) is 4.61. The zero-order valence-corrected chi connectivity index (χ0v) is 18.2. The van der Waals surface area contributed by atoms with E-state index in [1.807, 2.05) is 62.4 Å². The predicted octanol–water partition coefficient (Wildman–Crippen LogP) is 4.02. The lowest BCUT2D eigenvalue weighted by atomic mass is 10.1. The number of nitrogens with zero attached hydrogens (tertiary/aromatic N) is 1. The predicted molar refractivity (Wildman–Crippen MR) is 118 cm³/mol. The Morgan fingerprint density at radius 1 is 1.03 bits per heavy atom. The molecule has 0 saturated heterocycles. The molecule has 5 heteroatoms. The van der Waals surface area contributed by atoms with Crippen LogP contribution in [-0.2, 0) is 22.6 Å². The van der Waals surface area contributed by atoms with Crippen LogP contribution in [0.2, 0.25) is 0 Å². The maximum Gasteiger partial charge on any atom is 0.242 e. The van der Waals surface area contributed by atoms with E-state index in [0.717, 1.165) is 42.6 Å². The molecular weight excluding hydrogens is 376 g/mol. The molecule has 1 saturated carbocycles. The molecule has 1 aliphatic carbocycles. The van der Waals surface area contributed by atoms with E-state index in [0.29, 0.717) is 6.54 Å². The summed E-state index contributed by atoms with van der Waals surface area (Å²) in [7, 11) is 1.62. The van der Waals surface area contributed by atoms with E-state index in [9.17, 15) is 9.59 Å². The standard InChI is InChI=1S/C25H32N2O3/c1-18-8-10-21(11-9-18)17-27(19(2)25(29)26-22-6-4-5-7-22)24(28)16-20-12-14-23(30-3)15-13-20/h8-15,19,22H,4-7,16-17H2,1-3H3,(H,26,29). The van der Waals surface area contributed by atoms with Gasteiger partial charge in [-0.3, -0.25) is 9.59 Å². The average molecular weight is 409 g/mol. The molecular formula is C25H32N2O3. The minimum atomic E-state index is -0.530. The summed E-state index contributed by atoms with van der Waals surface area (Å²) in [5.74, 6) is 0.624. The normalized spacial score (nSPS) is 14.9. The Kier molecular flexibility index (Phi) is 7.50. The SMILES string of the molecule is COc1ccc(CC(=O)N(Cc2ccc(C)cc2)C(C)C(=O)NC2CCCC2)cc1. The van der Waals surface area contributed by atoms with Crippen molar-refractivity contribution in [2.75, 3.05) is 7.11 Å². The molecule has 1 fully saturated rings. The van der Waals surface area contributed by atoms with Crippen molar-refractivity contribution >= 4 is 11.8 Å². The number of ether oxygens (including phenoxy) is 1. The lowest BCUT2D eigenvalue weighted by Crippen LogP contribution is -2.50. The van der Waals surface area contributed by atoms with Gasteiger partial charge in [0.2, 0.25) is 11.8 Å². The zero-order chi connectivity index (χ0) is 21.5. The Bertz CT molecular complexity index is 840. The van der Waals surface area contributed by atoms with Crippen LogP contribution in [0.5, 0.6) is 5.75 Å². The third-order valence-electron chi connectivity index (χ3n) is 5.86. The molecule has 1 N–H and O–H groups in total. The number of rotatable bonds is 8. The summed E-state index contributed by atoms with van der Waals surface area (Å²) >= 11 is 0. The van der Waals surface area contributed by atoms with E-state index in [4.69, 9.17) is 4.74 Å². The Labute approximate surface area is 179 Å². The van der Waals surface area contributed by atoms with Crippen LogP contribution in [0.25, 0.3) is 0 Å². The van der Waals surface area contributed by atoms with Gasteiger partial charge in [0.1, 0.15) is 11.8 Å². The largest absolute Gasteiger partial charge is 0.497 e. The molecule has 1 atom stereocenters. The molecule has 0 aliphatic heterocycles. The minimum Gasteiger partial charge on any atom is -0.497 e. The van der Waals surface area contributed by atoms with Crippen molar-refractivity contribution in [1.29, 1.82) is 0 Å². The van der Waals surface area contributed by atoms with Crippen LogP contribution < -0.4 is 10.1 Å². The van der Waals surface area contributed by atoms with E-state index < -0.39 is 6.04 Å². The topological polar surface area (TPSA) is 58.6 Å². The minimum absolute atomic E-state index is 0.0604. The Balaban J connectivity index is 1.74. The van der Waals surface area contributed by atoms with Gasteiger partial charge in [-0.2, -0.15) is 0 Å². The van der Waals surface area contributed by atoms with Gasteiger partial charge < -0.3 is 15.0 Å². The quantitative estimate of drug-likeness (QED) is 0.718. The summed E-state index contributed by atoms with van der Waals surface area (Å²) in [6.45, 7) is 4.27. The molecule has 0 bridgehead atoms. The smallest absolute Gasteiger partial charge is 0.242 e. The Morgan fingerprint density at radius 2 is 1.63 bits per heavy atom. The van der Waals surface area contributed by atoms with Crippen molar-refractivity contribution in [1.82, 2.24) is 10.2 Å². The van der Waals surface area contributed by atoms with Gasteiger partial charge in [-0.05, 0) is 49.9 Å². The van der Waals surface area contributed by atoms with Crippen LogP contribution in [0.4, 0.5) is 0 Å². The van der Waals surface area contributed by atoms with Crippen molar-refractivity contribution in [3.8, 4) is 5.75 Å². The molecule has 2 aromatic carbocycles. The molecule has 1 unspecified atom stereocenters. The van der Waals surface area contributed by atoms with Gasteiger partial charge in [0.05, 0.1) is 13.5 Å². The summed E-state index contributed by atoms with van der Waals surface area (Å²) in [6, 6.07) is 15.3. The molecule has 2 amide bonds. The van der Waals surface area contributed by atoms with Gasteiger partial charge in [0.25, 0.3) is 0 Å². The second kappa shape index (κ2) is 10.3. The first-order chi connectivity index (χ1) is 14.5. The number of benzene rings is 2. The van der Waals surface area contributed by atoms with Crippen LogP contribution in [0.3, 0.4) is 0 Å². The Morgan fingerprint density at radius 3 is 2.23 bits per heavy atom. The van der Waals surface area contributed by atoms with Gasteiger partial charge in [-0.25, -0.2) is 0 Å². The second-order valence-electron chi connectivity index (χ2n) is 8.20. The van der Waals surface area contributed by atoms with Crippen molar-refractivity contribution in [3.05, 3.63) is 65.2 Å². The molecule has 0 aromatic heterocycles. The van der Waals surface area contributed by atoms with Crippen molar-refractivity contribution in [2.24, 2.45) is 0 Å². The first-order valence-corrected chi connectivity index (χ1v) is 10.7. The number of nitrogens with one attached hydrogen (secondary N) is 1. The van der Waals surface area contributed by atoms with Crippen molar-refractivity contribution in [2.45, 2.75) is 64.6 Å². The maximum atomic E-state index is 13.2. The summed E-state index contributed by atoms with van der Waals surface area (Å²) in [5.41, 5.74) is 3.09. The van der Waals surface area contributed by atoms with E-state index in [1.54, 1.807) is 12.0 Å². The highest BCUT2D eigenvalue weighted by Gasteiger charge is 2.28. The van der Waals surface area contributed by atoms with Crippen LogP contribution in [-0.4, -0.2) is 35.9 Å². The first-order valence-electron chi connectivity index (χ1n) is 10.7. The van der Waals surface area contributed by atoms with E-state index >= 15 is 0 Å². The third-order valence-corrected chi connectivity index (χ3v) is 5.86. The van der Waals surface area contributed by atoms with Crippen LogP contribution >= 0.6 is 0 Å². The number of methoxy groups -OCH3 is 1. The number of amides is 2. The molecule has 1 aliphatic rings. The molecule has 5 nitrogen and oxygen atoms in total. The summed E-state index contributed by atoms with van der Waals surface area (Å²) in [5, 5.41) is 3.14. The molecule has 2 aromatic rings. The fourth-order valence-electron chi connectivity index (χ4n) is 3.88. The molecule has 3 rings (SSSR count). The number of aryl methyl sites for hydroxylation is 1. The molecule has 0 spiro atoms. The second-order valence-corrected chi connectivity index (χ2v) is 8.20. The van der Waals surface area contributed by atoms with Crippen LogP contribution in [0.1, 0.15) is 49.3 Å². The zero-order valence-electron chi connectivity index (χ0n) is 18.2. The van der Waals surface area contributed by atoms with E-state index in [1.165, 1.54) is 5.56 Å². The number of carbonyl (C=O) groups excluding carboxylic acids is 2. The Hall–Kier alpha value is -2.82. The molecule has 160 valence electrons.